The van der Waals surface area contributed by atoms with Gasteiger partial charge >= 0.3 is 11.4 Å². The minimum atomic E-state index is -0.738. The number of nitro groups is 2. The number of hydrogen-bond donors (Lipinski definition) is 0. The molecule has 0 saturated heterocycles. The quantitative estimate of drug-likeness (QED) is 0.0672. The maximum absolute atomic E-state index is 11.2. The van der Waals surface area contributed by atoms with Crippen LogP contribution in [0.5, 0.6) is 0 Å². The predicted octanol–water partition coefficient (Wildman–Crippen LogP) is 10.1. The van der Waals surface area contributed by atoms with E-state index in [1.54, 1.807) is 6.08 Å². The van der Waals surface area contributed by atoms with Crippen LogP contribution in [0, 0.1) is 20.2 Å². The number of hydrogen-bond acceptors (Lipinski definition) is 5. The maximum Gasteiger partial charge on any atom is 0.346 e. The van der Waals surface area contributed by atoms with Gasteiger partial charge in [-0.3, -0.25) is 20.2 Å². The molecule has 0 unspecified atom stereocenters. The molecule has 0 aliphatic heterocycles. The first kappa shape index (κ1) is 31.5. The summed E-state index contributed by atoms with van der Waals surface area (Å²) in [6, 6.07) is 20.9. The van der Waals surface area contributed by atoms with E-state index < -0.39 is 21.2 Å². The molecule has 3 aromatic carbocycles. The lowest BCUT2D eigenvalue weighted by molar-refractivity contribution is -0.422. The normalized spacial score (nSPS) is 11.2. The number of benzene rings is 3. The van der Waals surface area contributed by atoms with E-state index in [1.807, 2.05) is 18.2 Å². The second-order valence-electron chi connectivity index (χ2n) is 10.6. The van der Waals surface area contributed by atoms with Gasteiger partial charge in [0.15, 0.2) is 0 Å². The zero-order valence-electron chi connectivity index (χ0n) is 24.5. The molecular weight excluding hydrogens is 514 g/mol. The van der Waals surface area contributed by atoms with Gasteiger partial charge in [-0.2, -0.15) is 0 Å². The van der Waals surface area contributed by atoms with Gasteiger partial charge in [-0.25, -0.2) is 0 Å². The van der Waals surface area contributed by atoms with Crippen molar-refractivity contribution in [2.24, 2.45) is 0 Å². The zero-order valence-corrected chi connectivity index (χ0v) is 24.5. The third kappa shape index (κ3) is 10.2. The van der Waals surface area contributed by atoms with E-state index in [1.165, 1.54) is 88.1 Å². The maximum atomic E-state index is 11.2. The van der Waals surface area contributed by atoms with Crippen molar-refractivity contribution in [3.05, 3.63) is 98.1 Å². The Balaban J connectivity index is 1.65. The number of unbranched alkanes of at least 4 members (excludes halogenated alkanes) is 8. The van der Waals surface area contributed by atoms with Gasteiger partial charge in [0.05, 0.1) is 9.85 Å². The lowest BCUT2D eigenvalue weighted by Crippen LogP contribution is -2.25. The molecule has 0 N–H and O–H groups in total. The fourth-order valence-corrected chi connectivity index (χ4v) is 4.97. The Morgan fingerprint density at radius 3 is 1.56 bits per heavy atom. The van der Waals surface area contributed by atoms with E-state index in [0.717, 1.165) is 29.8 Å². The van der Waals surface area contributed by atoms with Crippen molar-refractivity contribution < 1.29 is 9.85 Å². The zero-order chi connectivity index (χ0) is 29.5. The molecule has 0 saturated carbocycles. The second-order valence-corrected chi connectivity index (χ2v) is 10.6. The topological polar surface area (TPSA) is 89.5 Å². The van der Waals surface area contributed by atoms with Crippen LogP contribution in [-0.2, 0) is 0 Å². The Hall–Kier alpha value is -4.00. The molecule has 0 heterocycles. The average molecular weight is 558 g/mol. The smallest absolute Gasteiger partial charge is 0.346 e. The molecule has 3 rings (SSSR count). The van der Waals surface area contributed by atoms with E-state index in [0.29, 0.717) is 5.56 Å². The molecule has 0 spiro atoms. The second kappa shape index (κ2) is 17.0. The van der Waals surface area contributed by atoms with Crippen LogP contribution in [0.15, 0.2) is 66.7 Å². The van der Waals surface area contributed by atoms with Crippen LogP contribution < -0.4 is 4.90 Å². The molecule has 0 aromatic heterocycles. The standard InChI is InChI=1S/C34H43N3O4/c1-3-5-7-9-11-25-35(26-12-10-8-6-4-2)32-22-20-31(21-23-32)30-18-15-28(16-19-30)13-14-29-17-24-33(36(38)39)34(27-29)37(40)41/h13-24,27H,3-12,25-26H2,1-2H3/b14-13+. The molecule has 0 radical (unpaired) electrons. The van der Waals surface area contributed by atoms with Crippen LogP contribution in [0.4, 0.5) is 17.1 Å². The highest BCUT2D eigenvalue weighted by Gasteiger charge is 2.23. The fraction of sp³-hybridized carbons (Fsp3) is 0.412. The molecule has 7 heteroatoms. The largest absolute Gasteiger partial charge is 0.372 e. The molecule has 0 amide bonds. The van der Waals surface area contributed by atoms with Crippen LogP contribution in [0.2, 0.25) is 0 Å². The highest BCUT2D eigenvalue weighted by Crippen LogP contribution is 2.29. The van der Waals surface area contributed by atoms with Gasteiger partial charge in [0.25, 0.3) is 0 Å². The van der Waals surface area contributed by atoms with Crippen molar-refractivity contribution in [3.8, 4) is 11.1 Å². The summed E-state index contributed by atoms with van der Waals surface area (Å²) >= 11 is 0. The minimum absolute atomic E-state index is 0.510. The van der Waals surface area contributed by atoms with Crippen LogP contribution in [0.1, 0.15) is 89.2 Å². The molecule has 0 atom stereocenters. The first-order chi connectivity index (χ1) is 19.9. The summed E-state index contributed by atoms with van der Waals surface area (Å²) < 4.78 is 0. The van der Waals surface area contributed by atoms with Gasteiger partial charge < -0.3 is 4.90 Å². The summed E-state index contributed by atoms with van der Waals surface area (Å²) in [6.07, 6.45) is 16.4. The van der Waals surface area contributed by atoms with Crippen molar-refractivity contribution in [1.29, 1.82) is 0 Å². The van der Waals surface area contributed by atoms with Crippen molar-refractivity contribution in [2.45, 2.75) is 78.1 Å². The lowest BCUT2D eigenvalue weighted by atomic mass is 10.0. The van der Waals surface area contributed by atoms with E-state index >= 15 is 0 Å². The Kier molecular flexibility index (Phi) is 13.0. The summed E-state index contributed by atoms with van der Waals surface area (Å²) in [4.78, 5) is 23.4. The van der Waals surface area contributed by atoms with Crippen LogP contribution >= 0.6 is 0 Å². The monoisotopic (exact) mass is 557 g/mol. The first-order valence-corrected chi connectivity index (χ1v) is 15.0. The average Bonchev–Trinajstić information content (AvgIpc) is 2.99. The molecule has 0 aliphatic carbocycles. The number of rotatable bonds is 18. The highest BCUT2D eigenvalue weighted by molar-refractivity contribution is 5.74. The van der Waals surface area contributed by atoms with Gasteiger partial charge in [0, 0.05) is 30.9 Å². The van der Waals surface area contributed by atoms with Crippen LogP contribution in [0.3, 0.4) is 0 Å². The minimum Gasteiger partial charge on any atom is -0.372 e. The molecule has 218 valence electrons. The van der Waals surface area contributed by atoms with Gasteiger partial charge in [-0.05, 0) is 53.3 Å². The van der Waals surface area contributed by atoms with Crippen LogP contribution in [-0.4, -0.2) is 22.9 Å². The Bertz CT molecular complexity index is 1260. The number of nitro benzene ring substituents is 2. The summed E-state index contributed by atoms with van der Waals surface area (Å²) in [5.41, 5.74) is 4.00. The molecule has 0 fully saturated rings. The molecule has 7 nitrogen and oxygen atoms in total. The summed E-state index contributed by atoms with van der Waals surface area (Å²) in [6.45, 7) is 6.73. The van der Waals surface area contributed by atoms with Gasteiger partial charge in [-0.1, -0.05) is 114 Å². The molecular formula is C34H43N3O4. The summed E-state index contributed by atoms with van der Waals surface area (Å²) in [5.74, 6) is 0. The van der Waals surface area contributed by atoms with Gasteiger partial charge in [0.2, 0.25) is 0 Å². The SMILES string of the molecule is CCCCCCCN(CCCCCCC)c1ccc(-c2ccc(/C=C/c3ccc([N+](=O)[O-])c([N+](=O)[O-])c3)cc2)cc1. The molecule has 3 aromatic rings. The molecule has 0 bridgehead atoms. The van der Waals surface area contributed by atoms with Crippen molar-refractivity contribution >= 4 is 29.2 Å². The van der Waals surface area contributed by atoms with E-state index in [9.17, 15) is 20.2 Å². The fourth-order valence-electron chi connectivity index (χ4n) is 4.97. The van der Waals surface area contributed by atoms with Crippen molar-refractivity contribution in [1.82, 2.24) is 0 Å². The molecule has 0 aliphatic rings. The number of nitrogens with zero attached hydrogens (tertiary/aromatic N) is 3. The predicted molar refractivity (Wildman–Crippen MR) is 170 cm³/mol. The van der Waals surface area contributed by atoms with E-state index in [2.05, 4.69) is 55.1 Å². The van der Waals surface area contributed by atoms with Crippen molar-refractivity contribution in [2.75, 3.05) is 18.0 Å². The Morgan fingerprint density at radius 2 is 1.05 bits per heavy atom. The van der Waals surface area contributed by atoms with E-state index in [4.69, 9.17) is 0 Å². The van der Waals surface area contributed by atoms with Crippen molar-refractivity contribution in [3.63, 3.8) is 0 Å². The third-order valence-electron chi connectivity index (χ3n) is 7.40. The Labute approximate surface area is 244 Å². The van der Waals surface area contributed by atoms with Gasteiger partial charge in [0.1, 0.15) is 0 Å². The number of anilines is 1. The first-order valence-electron chi connectivity index (χ1n) is 15.0. The highest BCUT2D eigenvalue weighted by atomic mass is 16.6. The van der Waals surface area contributed by atoms with E-state index in [-0.39, 0.29) is 0 Å². The summed E-state index contributed by atoms with van der Waals surface area (Å²) in [7, 11) is 0. The molecule has 41 heavy (non-hydrogen) atoms. The van der Waals surface area contributed by atoms with Crippen LogP contribution in [0.25, 0.3) is 23.3 Å². The third-order valence-corrected chi connectivity index (χ3v) is 7.40. The Morgan fingerprint density at radius 1 is 0.585 bits per heavy atom. The summed E-state index contributed by atoms with van der Waals surface area (Å²) in [5, 5.41) is 22.3. The lowest BCUT2D eigenvalue weighted by Gasteiger charge is -2.25. The van der Waals surface area contributed by atoms with Gasteiger partial charge in [-0.15, -0.1) is 0 Å².